The van der Waals surface area contributed by atoms with Crippen LogP contribution in [0.5, 0.6) is 0 Å². The molecule has 0 atom stereocenters. The topological polar surface area (TPSA) is 95.9 Å². The number of carbonyl (C=O) groups is 1. The third kappa shape index (κ3) is 16.6. The summed E-state index contributed by atoms with van der Waals surface area (Å²) >= 11 is 0. The first kappa shape index (κ1) is 18.0. The first-order valence-electron chi connectivity index (χ1n) is 1.49. The van der Waals surface area contributed by atoms with Crippen LogP contribution in [0.3, 0.4) is 0 Å². The maximum absolute atomic E-state index is 9.64. The van der Waals surface area contributed by atoms with Crippen molar-refractivity contribution < 1.29 is 29.5 Å². The van der Waals surface area contributed by atoms with Crippen LogP contribution in [0, 0.1) is 0 Å². The predicted molar refractivity (Wildman–Crippen MR) is 38.3 cm³/mol. The van der Waals surface area contributed by atoms with E-state index in [2.05, 4.69) is 4.62 Å². The molecule has 0 rings (SSSR count). The zero-order chi connectivity index (χ0) is 6.62. The van der Waals surface area contributed by atoms with E-state index < -0.39 is 7.82 Å². The number of hydroxylamine groups is 1. The first-order chi connectivity index (χ1) is 3.56. The van der Waals surface area contributed by atoms with Crippen LogP contribution in [0.2, 0.25) is 0 Å². The van der Waals surface area contributed by atoms with E-state index in [1.165, 1.54) is 5.48 Å². The molecule has 0 aromatic rings. The Morgan fingerprint density at radius 2 is 1.90 bits per heavy atom. The molecule has 0 radical (unpaired) electrons. The summed E-state index contributed by atoms with van der Waals surface area (Å²) in [6.07, 6.45) is 0.0130. The standard InChI is InChI=1S/CH4NO5P.2Ca.4H/c3-1-2-7-8(4,5)6;;;;;;/h1H,(H,2,3)(H2,4,5,6);;;;;;/q;2*+2;4*-1. The summed E-state index contributed by atoms with van der Waals surface area (Å²) in [5.74, 6) is 0. The number of nitrogens with one attached hydrogen (secondary N) is 1. The summed E-state index contributed by atoms with van der Waals surface area (Å²) in [7, 11) is -4.52. The average Bonchev–Trinajstić information content (AvgIpc) is 1.59. The molecule has 0 aliphatic heterocycles. The minimum Gasteiger partial charge on any atom is -1.00 e. The Hall–Kier alpha value is 2.10. The number of rotatable bonds is 3. The van der Waals surface area contributed by atoms with E-state index in [9.17, 15) is 9.36 Å². The van der Waals surface area contributed by atoms with Crippen LogP contribution in [-0.4, -0.2) is 91.7 Å². The van der Waals surface area contributed by atoms with Crippen molar-refractivity contribution in [3.05, 3.63) is 0 Å². The van der Waals surface area contributed by atoms with E-state index in [0.29, 0.717) is 0 Å². The van der Waals surface area contributed by atoms with Gasteiger partial charge in [-0.15, -0.1) is 0 Å². The number of phosphoric acid groups is 1. The molecule has 0 fully saturated rings. The van der Waals surface area contributed by atoms with E-state index in [4.69, 9.17) is 9.79 Å². The molecule has 0 aliphatic rings. The van der Waals surface area contributed by atoms with Crippen molar-refractivity contribution >= 4 is 89.7 Å². The largest absolute Gasteiger partial charge is 2.00 e. The maximum Gasteiger partial charge on any atom is 2.00 e. The van der Waals surface area contributed by atoms with Gasteiger partial charge in [0.25, 0.3) is 0 Å². The first-order valence-corrected chi connectivity index (χ1v) is 3.02. The Morgan fingerprint density at radius 3 is 2.00 bits per heavy atom. The Balaban J connectivity index is -0.0000000163. The van der Waals surface area contributed by atoms with Crippen molar-refractivity contribution in [2.24, 2.45) is 0 Å². The maximum atomic E-state index is 9.64. The number of hydrogen-bond donors (Lipinski definition) is 3. The molecule has 0 aromatic carbocycles. The summed E-state index contributed by atoms with van der Waals surface area (Å²) in [4.78, 5) is 24.9. The van der Waals surface area contributed by atoms with Crippen LogP contribution < -0.4 is 5.48 Å². The smallest absolute Gasteiger partial charge is 1.00 e. The molecule has 1 amide bonds. The van der Waals surface area contributed by atoms with Crippen molar-refractivity contribution in [1.82, 2.24) is 5.48 Å². The quantitative estimate of drug-likeness (QED) is 0.234. The molecule has 6 nitrogen and oxygen atoms in total. The summed E-state index contributed by atoms with van der Waals surface area (Å²) in [6.45, 7) is 0. The molecular formula is CH8Ca2NO5P. The fourth-order valence-corrected chi connectivity index (χ4v) is 0.271. The molecule has 0 aromatic heterocycles. The van der Waals surface area contributed by atoms with Crippen LogP contribution in [0.25, 0.3) is 0 Å². The molecule has 10 heavy (non-hydrogen) atoms. The van der Waals surface area contributed by atoms with Crippen LogP contribution in [0.4, 0.5) is 0 Å². The number of hydrogen-bond acceptors (Lipinski definition) is 3. The Bertz CT molecular complexity index is 135. The van der Waals surface area contributed by atoms with Gasteiger partial charge in [0.15, 0.2) is 0 Å². The van der Waals surface area contributed by atoms with E-state index in [-0.39, 0.29) is 87.6 Å². The van der Waals surface area contributed by atoms with E-state index >= 15 is 0 Å². The van der Waals surface area contributed by atoms with Crippen LogP contribution >= 0.6 is 7.82 Å². The summed E-state index contributed by atoms with van der Waals surface area (Å²) in [5, 5.41) is 0. The summed E-state index contributed by atoms with van der Waals surface area (Å²) in [6, 6.07) is 0. The fourth-order valence-electron chi connectivity index (χ4n) is 0.0902. The second-order valence-electron chi connectivity index (χ2n) is 0.818. The molecule has 3 N–H and O–H groups in total. The van der Waals surface area contributed by atoms with Gasteiger partial charge in [0.05, 0.1) is 0 Å². The molecule has 0 bridgehead atoms. The van der Waals surface area contributed by atoms with Gasteiger partial charge in [-0.2, -0.15) is 4.62 Å². The van der Waals surface area contributed by atoms with Crippen molar-refractivity contribution in [2.45, 2.75) is 0 Å². The Kier molecular flexibility index (Phi) is 16.5. The second-order valence-corrected chi connectivity index (χ2v) is 1.98. The Morgan fingerprint density at radius 1 is 1.50 bits per heavy atom. The molecule has 0 unspecified atom stereocenters. The molecule has 0 heterocycles. The Labute approximate surface area is 123 Å². The van der Waals surface area contributed by atoms with Gasteiger partial charge in [-0.1, -0.05) is 0 Å². The molecule has 0 saturated heterocycles. The van der Waals surface area contributed by atoms with Crippen molar-refractivity contribution in [2.75, 3.05) is 0 Å². The van der Waals surface area contributed by atoms with Gasteiger partial charge in [-0.05, 0) is 0 Å². The van der Waals surface area contributed by atoms with Gasteiger partial charge >= 0.3 is 83.3 Å². The minimum atomic E-state index is -4.52. The molecule has 56 valence electrons. The van der Waals surface area contributed by atoms with Gasteiger partial charge in [-0.3, -0.25) is 4.79 Å². The van der Waals surface area contributed by atoms with Gasteiger partial charge in [0.2, 0.25) is 6.41 Å². The average molecular weight is 225 g/mol. The predicted octanol–water partition coefficient (Wildman–Crippen LogP) is -1.55. The van der Waals surface area contributed by atoms with Crippen LogP contribution in [0.1, 0.15) is 5.71 Å². The van der Waals surface area contributed by atoms with Crippen molar-refractivity contribution in [3.8, 4) is 0 Å². The van der Waals surface area contributed by atoms with Gasteiger partial charge < -0.3 is 15.5 Å². The zero-order valence-corrected chi connectivity index (χ0v) is 10.4. The van der Waals surface area contributed by atoms with E-state index in [0.717, 1.165) is 0 Å². The molecule has 0 spiro atoms. The van der Waals surface area contributed by atoms with Crippen molar-refractivity contribution in [3.63, 3.8) is 0 Å². The number of amides is 1. The fraction of sp³-hybridized carbons (Fsp3) is 0. The monoisotopic (exact) mass is 225 g/mol. The summed E-state index contributed by atoms with van der Waals surface area (Å²) in [5.41, 5.74) is 1.34. The van der Waals surface area contributed by atoms with Gasteiger partial charge in [0.1, 0.15) is 0 Å². The normalized spacial score (nSPS) is 8.60. The summed E-state index contributed by atoms with van der Waals surface area (Å²) < 4.78 is 13.1. The van der Waals surface area contributed by atoms with Crippen LogP contribution in [-0.2, 0) is 14.0 Å². The molecule has 0 aliphatic carbocycles. The molecular weight excluding hydrogens is 217 g/mol. The van der Waals surface area contributed by atoms with Crippen molar-refractivity contribution in [1.29, 1.82) is 0 Å². The zero-order valence-electron chi connectivity index (χ0n) is 9.06. The van der Waals surface area contributed by atoms with Gasteiger partial charge in [0, 0.05) is 0 Å². The second kappa shape index (κ2) is 9.19. The molecule has 0 saturated carbocycles. The van der Waals surface area contributed by atoms with E-state index in [1.807, 2.05) is 0 Å². The SMILES string of the molecule is O=CNOP(=O)(O)O.[Ca+2].[Ca+2].[H-].[H-].[H-].[H-]. The molecule has 9 heteroatoms. The third-order valence-corrected chi connectivity index (χ3v) is 0.563. The van der Waals surface area contributed by atoms with Gasteiger partial charge in [-0.25, -0.2) is 10.0 Å². The minimum absolute atomic E-state index is 0. The van der Waals surface area contributed by atoms with E-state index in [1.54, 1.807) is 0 Å². The van der Waals surface area contributed by atoms with Crippen LogP contribution in [0.15, 0.2) is 0 Å². The number of carbonyl (C=O) groups excluding carboxylic acids is 1. The third-order valence-electron chi connectivity index (χ3n) is 0.220.